The minimum absolute atomic E-state index is 0.00604. The maximum atomic E-state index is 12.5. The lowest BCUT2D eigenvalue weighted by Gasteiger charge is -2.11. The molecular weight excluding hydrogens is 290 g/mol. The molecule has 1 aromatic rings. The van der Waals surface area contributed by atoms with Crippen molar-refractivity contribution in [2.24, 2.45) is 5.92 Å². The molecule has 0 spiro atoms. The number of aromatic carboxylic acids is 1. The van der Waals surface area contributed by atoms with Crippen LogP contribution >= 0.6 is 0 Å². The topological polar surface area (TPSA) is 83.5 Å². The molecule has 2 atom stereocenters. The molecule has 6 heteroatoms. The van der Waals surface area contributed by atoms with Crippen molar-refractivity contribution in [1.82, 2.24) is 4.72 Å². The van der Waals surface area contributed by atoms with Gasteiger partial charge in [-0.05, 0) is 42.9 Å². The maximum Gasteiger partial charge on any atom is 0.335 e. The highest BCUT2D eigenvalue weighted by atomic mass is 32.2. The third kappa shape index (κ3) is 3.63. The molecule has 1 saturated carbocycles. The Morgan fingerprint density at radius 3 is 2.67 bits per heavy atom. The van der Waals surface area contributed by atoms with E-state index in [1.165, 1.54) is 12.1 Å². The van der Waals surface area contributed by atoms with Gasteiger partial charge in [0.05, 0.1) is 10.5 Å². The van der Waals surface area contributed by atoms with Crippen LogP contribution in [0.5, 0.6) is 0 Å². The van der Waals surface area contributed by atoms with E-state index in [1.54, 1.807) is 6.07 Å². The molecule has 0 aliphatic heterocycles. The van der Waals surface area contributed by atoms with Crippen LogP contribution in [0.1, 0.15) is 49.0 Å². The SMILES string of the molecule is CCCC1CC1NS(=O)(=O)c1cc(C(=O)O)ccc1CC. The molecule has 1 fully saturated rings. The van der Waals surface area contributed by atoms with E-state index in [9.17, 15) is 13.2 Å². The lowest BCUT2D eigenvalue weighted by atomic mass is 10.1. The van der Waals surface area contributed by atoms with Gasteiger partial charge < -0.3 is 5.11 Å². The molecule has 2 N–H and O–H groups in total. The summed E-state index contributed by atoms with van der Waals surface area (Å²) in [5.41, 5.74) is 0.633. The molecule has 0 aromatic heterocycles. The number of nitrogens with one attached hydrogen (secondary N) is 1. The molecule has 1 aliphatic rings. The fraction of sp³-hybridized carbons (Fsp3) is 0.533. The summed E-state index contributed by atoms with van der Waals surface area (Å²) >= 11 is 0. The Morgan fingerprint density at radius 2 is 2.10 bits per heavy atom. The summed E-state index contributed by atoms with van der Waals surface area (Å²) < 4.78 is 27.7. The first kappa shape index (κ1) is 16.0. The van der Waals surface area contributed by atoms with Crippen LogP contribution in [0.15, 0.2) is 23.1 Å². The summed E-state index contributed by atoms with van der Waals surface area (Å²) in [5, 5.41) is 9.03. The normalized spacial score (nSPS) is 21.2. The van der Waals surface area contributed by atoms with Gasteiger partial charge in [-0.2, -0.15) is 0 Å². The summed E-state index contributed by atoms with van der Waals surface area (Å²) in [4.78, 5) is 11.1. The van der Waals surface area contributed by atoms with Crippen LogP contribution in [-0.4, -0.2) is 25.5 Å². The molecular formula is C15H21NO4S. The number of benzene rings is 1. The molecule has 21 heavy (non-hydrogen) atoms. The highest BCUT2D eigenvalue weighted by Gasteiger charge is 2.39. The fourth-order valence-electron chi connectivity index (χ4n) is 2.57. The van der Waals surface area contributed by atoms with Crippen LogP contribution in [0.2, 0.25) is 0 Å². The van der Waals surface area contributed by atoms with Gasteiger partial charge in [0.1, 0.15) is 0 Å². The molecule has 0 heterocycles. The average molecular weight is 311 g/mol. The van der Waals surface area contributed by atoms with Crippen LogP contribution in [0.25, 0.3) is 0 Å². The van der Waals surface area contributed by atoms with Crippen LogP contribution in [0.4, 0.5) is 0 Å². The zero-order valence-electron chi connectivity index (χ0n) is 12.3. The first-order valence-electron chi connectivity index (χ1n) is 7.27. The first-order chi connectivity index (χ1) is 9.89. The Balaban J connectivity index is 2.26. The van der Waals surface area contributed by atoms with E-state index < -0.39 is 16.0 Å². The van der Waals surface area contributed by atoms with Gasteiger partial charge >= 0.3 is 5.97 Å². The van der Waals surface area contributed by atoms with Gasteiger partial charge in [0, 0.05) is 6.04 Å². The van der Waals surface area contributed by atoms with Crippen molar-refractivity contribution in [3.8, 4) is 0 Å². The zero-order chi connectivity index (χ0) is 15.6. The Hall–Kier alpha value is -1.40. The second kappa shape index (κ2) is 6.15. The van der Waals surface area contributed by atoms with Crippen molar-refractivity contribution in [3.63, 3.8) is 0 Å². The van der Waals surface area contributed by atoms with E-state index in [2.05, 4.69) is 11.6 Å². The summed E-state index contributed by atoms with van der Waals surface area (Å²) in [6, 6.07) is 4.26. The van der Waals surface area contributed by atoms with Gasteiger partial charge in [-0.3, -0.25) is 0 Å². The number of hydrogen-bond donors (Lipinski definition) is 2. The Morgan fingerprint density at radius 1 is 1.38 bits per heavy atom. The third-order valence-electron chi connectivity index (χ3n) is 3.87. The van der Waals surface area contributed by atoms with Gasteiger partial charge in [-0.1, -0.05) is 26.3 Å². The van der Waals surface area contributed by atoms with Crippen molar-refractivity contribution < 1.29 is 18.3 Å². The predicted octanol–water partition coefficient (Wildman–Crippen LogP) is 2.41. The van der Waals surface area contributed by atoms with E-state index in [1.807, 2.05) is 6.92 Å². The van der Waals surface area contributed by atoms with Crippen LogP contribution in [0.3, 0.4) is 0 Å². The number of rotatable bonds is 7. The highest BCUT2D eigenvalue weighted by Crippen LogP contribution is 2.36. The second-order valence-electron chi connectivity index (χ2n) is 5.49. The van der Waals surface area contributed by atoms with E-state index in [0.717, 1.165) is 19.3 Å². The van der Waals surface area contributed by atoms with Crippen LogP contribution in [-0.2, 0) is 16.4 Å². The van der Waals surface area contributed by atoms with Gasteiger partial charge in [-0.15, -0.1) is 0 Å². The van der Waals surface area contributed by atoms with Gasteiger partial charge in [0.2, 0.25) is 10.0 Å². The third-order valence-corrected chi connectivity index (χ3v) is 5.45. The number of aryl methyl sites for hydroxylation is 1. The molecule has 116 valence electrons. The molecule has 2 rings (SSSR count). The second-order valence-corrected chi connectivity index (χ2v) is 7.18. The van der Waals surface area contributed by atoms with Crippen LogP contribution < -0.4 is 4.72 Å². The quantitative estimate of drug-likeness (QED) is 0.810. The zero-order valence-corrected chi connectivity index (χ0v) is 13.1. The molecule has 0 bridgehead atoms. The highest BCUT2D eigenvalue weighted by molar-refractivity contribution is 7.89. The summed E-state index contributed by atoms with van der Waals surface area (Å²) in [5.74, 6) is -0.707. The van der Waals surface area contributed by atoms with E-state index in [-0.39, 0.29) is 16.5 Å². The summed E-state index contributed by atoms with van der Waals surface area (Å²) in [6.07, 6.45) is 3.47. The monoisotopic (exact) mass is 311 g/mol. The molecule has 1 aromatic carbocycles. The number of carboxylic acid groups (broad SMARTS) is 1. The van der Waals surface area contributed by atoms with Crippen LogP contribution in [0, 0.1) is 5.92 Å². The van der Waals surface area contributed by atoms with Gasteiger partial charge in [0.25, 0.3) is 0 Å². The Bertz CT molecular complexity index is 639. The maximum absolute atomic E-state index is 12.5. The molecule has 5 nitrogen and oxygen atoms in total. The number of hydrogen-bond acceptors (Lipinski definition) is 3. The lowest BCUT2D eigenvalue weighted by Crippen LogP contribution is -2.28. The van der Waals surface area contributed by atoms with Crippen molar-refractivity contribution in [1.29, 1.82) is 0 Å². The smallest absolute Gasteiger partial charge is 0.335 e. The Labute approximate surface area is 125 Å². The summed E-state index contributed by atoms with van der Waals surface area (Å²) in [6.45, 7) is 3.93. The van der Waals surface area contributed by atoms with Crippen molar-refractivity contribution >= 4 is 16.0 Å². The van der Waals surface area contributed by atoms with E-state index in [4.69, 9.17) is 5.11 Å². The minimum Gasteiger partial charge on any atom is -0.478 e. The van der Waals surface area contributed by atoms with Crippen molar-refractivity contribution in [3.05, 3.63) is 29.3 Å². The summed E-state index contributed by atoms with van der Waals surface area (Å²) in [7, 11) is -3.66. The van der Waals surface area contributed by atoms with E-state index in [0.29, 0.717) is 17.9 Å². The molecule has 1 aliphatic carbocycles. The molecule has 2 unspecified atom stereocenters. The lowest BCUT2D eigenvalue weighted by molar-refractivity contribution is 0.0696. The first-order valence-corrected chi connectivity index (χ1v) is 8.76. The largest absolute Gasteiger partial charge is 0.478 e. The predicted molar refractivity (Wildman–Crippen MR) is 79.9 cm³/mol. The standard InChI is InChI=1S/C15H21NO4S/c1-3-5-11-8-13(11)16-21(19,20)14-9-12(15(17)18)7-6-10(14)4-2/h6-7,9,11,13,16H,3-5,8H2,1-2H3,(H,17,18). The molecule has 0 radical (unpaired) electrons. The molecule has 0 saturated heterocycles. The van der Waals surface area contributed by atoms with Crippen molar-refractivity contribution in [2.45, 2.75) is 50.5 Å². The molecule has 0 amide bonds. The fourth-order valence-corrected chi connectivity index (χ4v) is 4.23. The average Bonchev–Trinajstić information content (AvgIpc) is 3.15. The van der Waals surface area contributed by atoms with Gasteiger partial charge in [0.15, 0.2) is 0 Å². The van der Waals surface area contributed by atoms with Gasteiger partial charge in [-0.25, -0.2) is 17.9 Å². The van der Waals surface area contributed by atoms with E-state index >= 15 is 0 Å². The Kier molecular flexibility index (Phi) is 4.68. The number of carbonyl (C=O) groups is 1. The number of carboxylic acids is 1. The minimum atomic E-state index is -3.66. The van der Waals surface area contributed by atoms with Crippen molar-refractivity contribution in [2.75, 3.05) is 0 Å². The number of sulfonamides is 1.